The summed E-state index contributed by atoms with van der Waals surface area (Å²) in [6.07, 6.45) is 2.10. The number of anilines is 1. The van der Waals surface area contributed by atoms with Gasteiger partial charge in [-0.3, -0.25) is 14.9 Å². The van der Waals surface area contributed by atoms with Crippen molar-refractivity contribution in [3.8, 4) is 5.88 Å². The number of carbonyl (C=O) groups is 1. The molecule has 8 nitrogen and oxygen atoms in total. The Morgan fingerprint density at radius 1 is 1.40 bits per heavy atom. The minimum atomic E-state index is -0.590. The second kappa shape index (κ2) is 7.45. The maximum atomic E-state index is 12.4. The van der Waals surface area contributed by atoms with Crippen molar-refractivity contribution in [1.29, 1.82) is 0 Å². The van der Waals surface area contributed by atoms with Crippen LogP contribution in [-0.2, 0) is 4.74 Å². The minimum absolute atomic E-state index is 0.0194. The highest BCUT2D eigenvalue weighted by Gasteiger charge is 2.20. The normalized spacial score (nSPS) is 16.4. The van der Waals surface area contributed by atoms with Gasteiger partial charge in [0.1, 0.15) is 11.8 Å². The average molecular weight is 364 g/mol. The SMILES string of the molecule is O=C(Nc1cc(Cl)ccc1[N+](=O)[O-])c1ccnc(OC2CCOC2)c1. The summed E-state index contributed by atoms with van der Waals surface area (Å²) in [6.45, 7) is 1.11. The van der Waals surface area contributed by atoms with E-state index in [0.717, 1.165) is 6.42 Å². The molecule has 9 heteroatoms. The van der Waals surface area contributed by atoms with Gasteiger partial charge < -0.3 is 14.8 Å². The zero-order valence-corrected chi connectivity index (χ0v) is 13.7. The van der Waals surface area contributed by atoms with E-state index in [2.05, 4.69) is 10.3 Å². The van der Waals surface area contributed by atoms with Crippen molar-refractivity contribution in [2.45, 2.75) is 12.5 Å². The van der Waals surface area contributed by atoms with Crippen LogP contribution >= 0.6 is 11.6 Å². The zero-order chi connectivity index (χ0) is 17.8. The summed E-state index contributed by atoms with van der Waals surface area (Å²) in [6, 6.07) is 6.91. The molecule has 0 bridgehead atoms. The third-order valence-corrected chi connectivity index (χ3v) is 3.81. The Labute approximate surface area is 147 Å². The molecule has 3 rings (SSSR count). The Hall–Kier alpha value is -2.71. The molecule has 1 aliphatic heterocycles. The van der Waals surface area contributed by atoms with Gasteiger partial charge in [0, 0.05) is 35.3 Å². The fraction of sp³-hybridized carbons (Fsp3) is 0.250. The zero-order valence-electron chi connectivity index (χ0n) is 13.0. The number of nitrogens with one attached hydrogen (secondary N) is 1. The summed E-state index contributed by atoms with van der Waals surface area (Å²) in [5.74, 6) is -0.232. The van der Waals surface area contributed by atoms with Crippen LogP contribution < -0.4 is 10.1 Å². The highest BCUT2D eigenvalue weighted by atomic mass is 35.5. The van der Waals surface area contributed by atoms with E-state index in [1.807, 2.05) is 0 Å². The topological polar surface area (TPSA) is 104 Å². The van der Waals surface area contributed by atoms with Crippen molar-refractivity contribution in [3.05, 3.63) is 57.2 Å². The van der Waals surface area contributed by atoms with E-state index in [1.54, 1.807) is 0 Å². The van der Waals surface area contributed by atoms with E-state index in [9.17, 15) is 14.9 Å². The number of carbonyl (C=O) groups excluding carboxylic acids is 1. The summed E-state index contributed by atoms with van der Waals surface area (Å²) < 4.78 is 10.9. The number of nitrogens with zero attached hydrogens (tertiary/aromatic N) is 2. The number of aromatic nitrogens is 1. The van der Waals surface area contributed by atoms with Gasteiger partial charge in [0.2, 0.25) is 5.88 Å². The molecule has 0 saturated carbocycles. The number of benzene rings is 1. The minimum Gasteiger partial charge on any atom is -0.472 e. The first-order valence-electron chi connectivity index (χ1n) is 7.48. The molecular weight excluding hydrogens is 350 g/mol. The van der Waals surface area contributed by atoms with E-state index in [4.69, 9.17) is 21.1 Å². The Morgan fingerprint density at radius 3 is 2.96 bits per heavy atom. The molecular formula is C16H14ClN3O5. The smallest absolute Gasteiger partial charge is 0.292 e. The third-order valence-electron chi connectivity index (χ3n) is 3.58. The fourth-order valence-corrected chi connectivity index (χ4v) is 2.53. The molecule has 1 atom stereocenters. The molecule has 1 saturated heterocycles. The van der Waals surface area contributed by atoms with E-state index in [0.29, 0.717) is 19.1 Å². The van der Waals surface area contributed by atoms with Crippen LogP contribution in [0.1, 0.15) is 16.8 Å². The van der Waals surface area contributed by atoms with Gasteiger partial charge in [0.25, 0.3) is 11.6 Å². The molecule has 1 N–H and O–H groups in total. The molecule has 1 amide bonds. The Bertz CT molecular complexity index is 808. The molecule has 1 aromatic heterocycles. The summed E-state index contributed by atoms with van der Waals surface area (Å²) in [4.78, 5) is 26.9. The van der Waals surface area contributed by atoms with Crippen LogP contribution in [0, 0.1) is 10.1 Å². The molecule has 1 unspecified atom stereocenters. The van der Waals surface area contributed by atoms with E-state index < -0.39 is 10.8 Å². The maximum absolute atomic E-state index is 12.4. The second-order valence-electron chi connectivity index (χ2n) is 5.36. The molecule has 0 aliphatic carbocycles. The van der Waals surface area contributed by atoms with E-state index in [1.165, 1.54) is 36.5 Å². The molecule has 0 radical (unpaired) electrons. The maximum Gasteiger partial charge on any atom is 0.292 e. The van der Waals surface area contributed by atoms with Crippen LogP contribution in [0.2, 0.25) is 5.02 Å². The van der Waals surface area contributed by atoms with E-state index in [-0.39, 0.29) is 28.1 Å². The molecule has 1 fully saturated rings. The van der Waals surface area contributed by atoms with Crippen molar-refractivity contribution in [2.75, 3.05) is 18.5 Å². The molecule has 130 valence electrons. The van der Waals surface area contributed by atoms with Crippen molar-refractivity contribution in [3.63, 3.8) is 0 Å². The van der Waals surface area contributed by atoms with Gasteiger partial charge in [-0.2, -0.15) is 0 Å². The number of nitro groups is 1. The second-order valence-corrected chi connectivity index (χ2v) is 5.80. The lowest BCUT2D eigenvalue weighted by atomic mass is 10.2. The monoisotopic (exact) mass is 363 g/mol. The number of hydrogen-bond acceptors (Lipinski definition) is 6. The van der Waals surface area contributed by atoms with Gasteiger partial charge in [0.05, 0.1) is 18.1 Å². The van der Waals surface area contributed by atoms with Crippen molar-refractivity contribution < 1.29 is 19.2 Å². The Kier molecular flexibility index (Phi) is 5.11. The van der Waals surface area contributed by atoms with Crippen molar-refractivity contribution in [2.24, 2.45) is 0 Å². The molecule has 1 aromatic carbocycles. The Balaban J connectivity index is 1.77. The molecule has 1 aliphatic rings. The lowest BCUT2D eigenvalue weighted by Crippen LogP contribution is -2.17. The Morgan fingerprint density at radius 2 is 2.24 bits per heavy atom. The fourth-order valence-electron chi connectivity index (χ4n) is 2.35. The first-order valence-corrected chi connectivity index (χ1v) is 7.86. The van der Waals surface area contributed by atoms with Gasteiger partial charge in [-0.1, -0.05) is 11.6 Å². The number of pyridine rings is 1. The highest BCUT2D eigenvalue weighted by Crippen LogP contribution is 2.28. The summed E-state index contributed by atoms with van der Waals surface area (Å²) in [5.41, 5.74) is 0.0375. The van der Waals surface area contributed by atoms with Gasteiger partial charge in [-0.05, 0) is 18.2 Å². The van der Waals surface area contributed by atoms with Gasteiger partial charge >= 0.3 is 0 Å². The predicted octanol–water partition coefficient (Wildman–Crippen LogP) is 3.06. The summed E-state index contributed by atoms with van der Waals surface area (Å²) in [5, 5.41) is 13.8. The van der Waals surface area contributed by atoms with Crippen LogP contribution in [0.3, 0.4) is 0 Å². The first-order chi connectivity index (χ1) is 12.0. The standard InChI is InChI=1S/C16H14ClN3O5/c17-11-1-2-14(20(22)23)13(8-11)19-16(21)10-3-5-18-15(7-10)25-12-4-6-24-9-12/h1-3,5,7-8,12H,4,6,9H2,(H,19,21). The molecule has 2 aromatic rings. The number of amides is 1. The molecule has 2 heterocycles. The van der Waals surface area contributed by atoms with Crippen LogP contribution in [0.5, 0.6) is 5.88 Å². The predicted molar refractivity (Wildman–Crippen MR) is 90.1 cm³/mol. The van der Waals surface area contributed by atoms with Gasteiger partial charge in [0.15, 0.2) is 0 Å². The van der Waals surface area contributed by atoms with Crippen molar-refractivity contribution >= 4 is 28.9 Å². The van der Waals surface area contributed by atoms with Gasteiger partial charge in [-0.15, -0.1) is 0 Å². The van der Waals surface area contributed by atoms with Crippen molar-refractivity contribution in [1.82, 2.24) is 4.98 Å². The van der Waals surface area contributed by atoms with Gasteiger partial charge in [-0.25, -0.2) is 4.98 Å². The molecule has 0 spiro atoms. The number of nitro benzene ring substituents is 1. The van der Waals surface area contributed by atoms with Crippen LogP contribution in [-0.4, -0.2) is 35.1 Å². The number of rotatable bonds is 5. The van der Waals surface area contributed by atoms with E-state index >= 15 is 0 Å². The van der Waals surface area contributed by atoms with Crippen LogP contribution in [0.25, 0.3) is 0 Å². The third kappa shape index (κ3) is 4.23. The highest BCUT2D eigenvalue weighted by molar-refractivity contribution is 6.31. The summed E-state index contributed by atoms with van der Waals surface area (Å²) >= 11 is 5.86. The number of ether oxygens (including phenoxy) is 2. The first kappa shape index (κ1) is 17.1. The lowest BCUT2D eigenvalue weighted by molar-refractivity contribution is -0.383. The number of halogens is 1. The quantitative estimate of drug-likeness (QED) is 0.646. The molecule has 25 heavy (non-hydrogen) atoms. The number of hydrogen-bond donors (Lipinski definition) is 1. The van der Waals surface area contributed by atoms with Crippen LogP contribution in [0.15, 0.2) is 36.5 Å². The van der Waals surface area contributed by atoms with Crippen LogP contribution in [0.4, 0.5) is 11.4 Å². The largest absolute Gasteiger partial charge is 0.472 e. The summed E-state index contributed by atoms with van der Waals surface area (Å²) in [7, 11) is 0. The average Bonchev–Trinajstić information content (AvgIpc) is 3.08. The lowest BCUT2D eigenvalue weighted by Gasteiger charge is -2.11.